The smallest absolute Gasteiger partial charge is 0.258 e. The fourth-order valence-corrected chi connectivity index (χ4v) is 3.20. The second kappa shape index (κ2) is 11.3. The zero-order valence-corrected chi connectivity index (χ0v) is 16.4. The summed E-state index contributed by atoms with van der Waals surface area (Å²) in [6, 6.07) is 9.94. The maximum atomic E-state index is 12.1. The van der Waals surface area contributed by atoms with Crippen LogP contribution in [0.4, 0.5) is 0 Å². The van der Waals surface area contributed by atoms with Crippen molar-refractivity contribution in [2.24, 2.45) is 10.7 Å². The van der Waals surface area contributed by atoms with Crippen molar-refractivity contribution in [3.8, 4) is 0 Å². The van der Waals surface area contributed by atoms with Gasteiger partial charge in [-0.25, -0.2) is 0 Å². The van der Waals surface area contributed by atoms with Gasteiger partial charge in [0.15, 0.2) is 0 Å². The number of aliphatic imine (C=N–C) groups is 1. The molecule has 0 radical (unpaired) electrons. The van der Waals surface area contributed by atoms with Gasteiger partial charge in [-0.2, -0.15) is 0 Å². The molecule has 0 saturated carbocycles. The number of hydrogen-bond donors (Lipinski definition) is 2. The Bertz CT molecular complexity index is 694. The summed E-state index contributed by atoms with van der Waals surface area (Å²) in [6.07, 6.45) is 1.48. The van der Waals surface area contributed by atoms with Crippen molar-refractivity contribution in [2.45, 2.75) is 33.5 Å². The Balaban J connectivity index is 0.00000163. The van der Waals surface area contributed by atoms with Gasteiger partial charge in [-0.15, -0.1) is 13.2 Å². The van der Waals surface area contributed by atoms with Crippen LogP contribution in [-0.2, 0) is 16.1 Å². The van der Waals surface area contributed by atoms with E-state index >= 15 is 0 Å². The first kappa shape index (κ1) is 21.7. The number of carbonyl (C=O) groups excluding carboxylic acids is 1. The van der Waals surface area contributed by atoms with Crippen LogP contribution in [0, 0.1) is 0 Å². The summed E-state index contributed by atoms with van der Waals surface area (Å²) in [6.45, 7) is 12.6. The highest BCUT2D eigenvalue weighted by Crippen LogP contribution is 2.34. The van der Waals surface area contributed by atoms with Gasteiger partial charge in [-0.05, 0) is 32.4 Å². The molecule has 1 aliphatic heterocycles. The second-order valence-corrected chi connectivity index (χ2v) is 6.42. The maximum absolute atomic E-state index is 12.1. The summed E-state index contributed by atoms with van der Waals surface area (Å²) >= 11 is 1.33. The fourth-order valence-electron chi connectivity index (χ4n) is 2.12. The summed E-state index contributed by atoms with van der Waals surface area (Å²) in [7, 11) is 0. The van der Waals surface area contributed by atoms with Gasteiger partial charge in [-0.1, -0.05) is 42.1 Å². The first-order chi connectivity index (χ1) is 12.5. The van der Waals surface area contributed by atoms with E-state index in [2.05, 4.69) is 23.5 Å². The summed E-state index contributed by atoms with van der Waals surface area (Å²) < 4.78 is 5.88. The van der Waals surface area contributed by atoms with E-state index < -0.39 is 0 Å². The molecular weight excluding hydrogens is 346 g/mol. The van der Waals surface area contributed by atoms with Crippen LogP contribution in [0.3, 0.4) is 0 Å². The number of amides is 1. The standard InChI is InChI=1S/C18H23N3O2S.C2H4/c1-4-20-17(22)16-10-15(18(24-16)21-13(3)19)12(2)23-11-14-8-6-5-7-9-14;1-2/h5-10,13H,4,11,19H2,1-3H3,(H,20,22);1-2H2/b15-12+,21-18+;. The van der Waals surface area contributed by atoms with Crippen LogP contribution in [-0.4, -0.2) is 23.7 Å². The van der Waals surface area contributed by atoms with Gasteiger partial charge < -0.3 is 15.8 Å². The highest BCUT2D eigenvalue weighted by atomic mass is 32.2. The molecule has 140 valence electrons. The predicted octanol–water partition coefficient (Wildman–Crippen LogP) is 3.75. The van der Waals surface area contributed by atoms with Gasteiger partial charge >= 0.3 is 0 Å². The fraction of sp³-hybridized carbons (Fsp3) is 0.300. The van der Waals surface area contributed by atoms with Crippen molar-refractivity contribution < 1.29 is 9.53 Å². The number of carbonyl (C=O) groups is 1. The molecule has 0 aliphatic carbocycles. The normalized spacial score (nSPS) is 17.7. The van der Waals surface area contributed by atoms with Crippen molar-refractivity contribution in [3.05, 3.63) is 71.4 Å². The highest BCUT2D eigenvalue weighted by Gasteiger charge is 2.25. The number of hydrogen-bond acceptors (Lipinski definition) is 5. The lowest BCUT2D eigenvalue weighted by molar-refractivity contribution is -0.116. The van der Waals surface area contributed by atoms with Crippen LogP contribution in [0.5, 0.6) is 0 Å². The lowest BCUT2D eigenvalue weighted by Crippen LogP contribution is -2.22. The zero-order valence-electron chi connectivity index (χ0n) is 15.6. The molecular formula is C20H27N3O2S. The number of thioether (sulfide) groups is 1. The number of nitrogens with one attached hydrogen (secondary N) is 1. The summed E-state index contributed by atoms with van der Waals surface area (Å²) in [5.74, 6) is 0.621. The maximum Gasteiger partial charge on any atom is 0.258 e. The van der Waals surface area contributed by atoms with Gasteiger partial charge in [0.05, 0.1) is 11.1 Å². The minimum Gasteiger partial charge on any atom is -0.493 e. The molecule has 2 rings (SSSR count). The molecule has 6 heteroatoms. The van der Waals surface area contributed by atoms with E-state index in [1.165, 1.54) is 11.8 Å². The Morgan fingerprint density at radius 2 is 2.00 bits per heavy atom. The molecule has 0 aromatic heterocycles. The Kier molecular flexibility index (Phi) is 9.47. The van der Waals surface area contributed by atoms with Crippen LogP contribution in [0.15, 0.2) is 70.8 Å². The average molecular weight is 374 g/mol. The van der Waals surface area contributed by atoms with Crippen LogP contribution in [0.2, 0.25) is 0 Å². The summed E-state index contributed by atoms with van der Waals surface area (Å²) in [5.41, 5.74) is 7.69. The molecule has 1 heterocycles. The van der Waals surface area contributed by atoms with Crippen molar-refractivity contribution in [1.82, 2.24) is 5.32 Å². The van der Waals surface area contributed by atoms with Gasteiger partial charge in [0, 0.05) is 12.1 Å². The minimum absolute atomic E-state index is 0.106. The third-order valence-electron chi connectivity index (χ3n) is 3.27. The first-order valence-electron chi connectivity index (χ1n) is 8.40. The van der Waals surface area contributed by atoms with Crippen molar-refractivity contribution >= 4 is 22.7 Å². The molecule has 0 saturated heterocycles. The zero-order chi connectivity index (χ0) is 19.5. The molecule has 1 atom stereocenters. The molecule has 5 nitrogen and oxygen atoms in total. The monoisotopic (exact) mass is 373 g/mol. The van der Waals surface area contributed by atoms with Gasteiger partial charge in [0.2, 0.25) is 0 Å². The van der Waals surface area contributed by atoms with E-state index in [1.807, 2.05) is 50.3 Å². The molecule has 0 bridgehead atoms. The number of likely N-dealkylation sites (N-methyl/N-ethyl adjacent to an activating group) is 1. The number of benzene rings is 1. The topological polar surface area (TPSA) is 76.7 Å². The number of nitrogens with zero attached hydrogens (tertiary/aromatic N) is 1. The molecule has 1 amide bonds. The van der Waals surface area contributed by atoms with Crippen LogP contribution in [0.1, 0.15) is 26.3 Å². The Morgan fingerprint density at radius 1 is 1.35 bits per heavy atom. The van der Waals surface area contributed by atoms with Crippen LogP contribution >= 0.6 is 11.8 Å². The lowest BCUT2D eigenvalue weighted by Gasteiger charge is -2.10. The summed E-state index contributed by atoms with van der Waals surface area (Å²) in [4.78, 5) is 17.1. The molecule has 1 aromatic rings. The van der Waals surface area contributed by atoms with Crippen molar-refractivity contribution in [2.75, 3.05) is 6.54 Å². The molecule has 1 unspecified atom stereocenters. The molecule has 1 aliphatic rings. The molecule has 26 heavy (non-hydrogen) atoms. The molecule has 0 fully saturated rings. The van der Waals surface area contributed by atoms with Gasteiger partial charge in [-0.3, -0.25) is 9.79 Å². The van der Waals surface area contributed by atoms with E-state index in [9.17, 15) is 4.79 Å². The second-order valence-electron chi connectivity index (χ2n) is 5.39. The quantitative estimate of drug-likeness (QED) is 0.588. The molecule has 0 spiro atoms. The van der Waals surface area contributed by atoms with E-state index in [0.717, 1.165) is 21.9 Å². The third-order valence-corrected chi connectivity index (χ3v) is 4.31. The lowest BCUT2D eigenvalue weighted by atomic mass is 10.2. The van der Waals surface area contributed by atoms with Gasteiger partial charge in [0.1, 0.15) is 17.4 Å². The summed E-state index contributed by atoms with van der Waals surface area (Å²) in [5, 5.41) is 3.52. The van der Waals surface area contributed by atoms with Crippen molar-refractivity contribution in [1.29, 1.82) is 0 Å². The van der Waals surface area contributed by atoms with Crippen molar-refractivity contribution in [3.63, 3.8) is 0 Å². The highest BCUT2D eigenvalue weighted by molar-refractivity contribution is 8.18. The SMILES string of the molecule is C=C.CCNC(=O)C1=CC(=C(/C)OCc2ccccc2)/C(=N\C(C)N)S1. The Morgan fingerprint density at radius 3 is 2.58 bits per heavy atom. The number of nitrogens with two attached hydrogens (primary N) is 1. The van der Waals surface area contributed by atoms with E-state index in [1.54, 1.807) is 6.92 Å². The van der Waals surface area contributed by atoms with Gasteiger partial charge in [0.25, 0.3) is 5.91 Å². The number of allylic oxidation sites excluding steroid dienone is 2. The average Bonchev–Trinajstić information content (AvgIpc) is 3.06. The number of ether oxygens (including phenoxy) is 1. The van der Waals surface area contributed by atoms with Crippen LogP contribution < -0.4 is 11.1 Å². The third kappa shape index (κ3) is 6.54. The van der Waals surface area contributed by atoms with Crippen LogP contribution in [0.25, 0.3) is 0 Å². The van der Waals surface area contributed by atoms with E-state index in [-0.39, 0.29) is 12.1 Å². The largest absolute Gasteiger partial charge is 0.493 e. The number of rotatable bonds is 6. The van der Waals surface area contributed by atoms with E-state index in [4.69, 9.17) is 10.5 Å². The van der Waals surface area contributed by atoms with E-state index in [0.29, 0.717) is 18.1 Å². The Labute approximate surface area is 160 Å². The molecule has 3 N–H and O–H groups in total. The predicted molar refractivity (Wildman–Crippen MR) is 111 cm³/mol. The minimum atomic E-state index is -0.341. The Hall–Kier alpha value is -2.31. The molecule has 1 aromatic carbocycles. The first-order valence-corrected chi connectivity index (χ1v) is 9.22.